The van der Waals surface area contributed by atoms with E-state index in [-0.39, 0.29) is 42.5 Å². The molecule has 192 valence electrons. The first-order valence-corrected chi connectivity index (χ1v) is 12.0. The summed E-state index contributed by atoms with van der Waals surface area (Å²) in [6.45, 7) is 6.54. The summed E-state index contributed by atoms with van der Waals surface area (Å²) in [4.78, 5) is 11.3. The van der Waals surface area contributed by atoms with Gasteiger partial charge in [0.25, 0.3) is 0 Å². The van der Waals surface area contributed by atoms with E-state index in [4.69, 9.17) is 0 Å². The minimum atomic E-state index is -1.34. The molecule has 0 fully saturated rings. The first-order chi connectivity index (χ1) is 16.4. The Morgan fingerprint density at radius 3 is 2.40 bits per heavy atom. The van der Waals surface area contributed by atoms with Crippen LogP contribution in [-0.2, 0) is 19.3 Å². The molecule has 0 radical (unpaired) electrons. The van der Waals surface area contributed by atoms with E-state index in [1.54, 1.807) is 0 Å². The highest BCUT2D eigenvalue weighted by molar-refractivity contribution is 5.65. The Kier molecular flexibility index (Phi) is 8.85. The number of nitrogens with one attached hydrogen (secondary N) is 2. The Hall–Kier alpha value is -2.55. The van der Waals surface area contributed by atoms with Crippen LogP contribution in [0.15, 0.2) is 36.4 Å². The number of hydrogen-bond donors (Lipinski definition) is 5. The topological polar surface area (TPSA) is 102 Å². The van der Waals surface area contributed by atoms with E-state index in [0.29, 0.717) is 0 Å². The summed E-state index contributed by atoms with van der Waals surface area (Å²) in [5.41, 5.74) is 3.82. The maximum Gasteiger partial charge on any atom is 0.404 e. The summed E-state index contributed by atoms with van der Waals surface area (Å²) in [5.74, 6) is -1.59. The molecule has 8 heteroatoms. The fourth-order valence-electron chi connectivity index (χ4n) is 4.93. The van der Waals surface area contributed by atoms with Crippen molar-refractivity contribution in [2.24, 2.45) is 11.3 Å². The number of aliphatic hydroxyl groups is 2. The van der Waals surface area contributed by atoms with Crippen LogP contribution in [0.5, 0.6) is 0 Å². The number of halogens is 2. The summed E-state index contributed by atoms with van der Waals surface area (Å²) in [6.07, 6.45) is -0.0482. The van der Waals surface area contributed by atoms with Crippen molar-refractivity contribution < 1.29 is 28.9 Å². The molecular weight excluding hydrogens is 454 g/mol. The monoisotopic (exact) mass is 490 g/mol. The SMILES string of the molecule is CC(C)(C)Cc1ccc2c(c1)[C@@H](NC[C@@H](O)[C@H](Cc1cc(F)cc(F)c1)NC(=O)O)C(CO)CC2. The molecule has 1 aliphatic rings. The summed E-state index contributed by atoms with van der Waals surface area (Å²) in [7, 11) is 0. The minimum Gasteiger partial charge on any atom is -0.465 e. The fraction of sp³-hybridized carbons (Fsp3) is 0.519. The van der Waals surface area contributed by atoms with Gasteiger partial charge in [0.15, 0.2) is 0 Å². The second-order valence-electron chi connectivity index (χ2n) is 10.7. The van der Waals surface area contributed by atoms with Crippen molar-refractivity contribution in [1.82, 2.24) is 10.6 Å². The van der Waals surface area contributed by atoms with Crippen molar-refractivity contribution in [3.05, 3.63) is 70.3 Å². The first-order valence-electron chi connectivity index (χ1n) is 12.0. The van der Waals surface area contributed by atoms with E-state index in [1.165, 1.54) is 11.1 Å². The van der Waals surface area contributed by atoms with Crippen LogP contribution in [0, 0.1) is 23.0 Å². The lowest BCUT2D eigenvalue weighted by Gasteiger charge is -2.35. The molecule has 0 saturated carbocycles. The van der Waals surface area contributed by atoms with Gasteiger partial charge in [0, 0.05) is 31.2 Å². The molecule has 0 heterocycles. The molecule has 1 amide bonds. The predicted molar refractivity (Wildman–Crippen MR) is 130 cm³/mol. The average Bonchev–Trinajstić information content (AvgIpc) is 2.74. The number of carbonyl (C=O) groups is 1. The van der Waals surface area contributed by atoms with Crippen LogP contribution in [0.2, 0.25) is 0 Å². The maximum atomic E-state index is 13.6. The van der Waals surface area contributed by atoms with E-state index < -0.39 is 29.9 Å². The van der Waals surface area contributed by atoms with Crippen molar-refractivity contribution in [3.63, 3.8) is 0 Å². The average molecular weight is 491 g/mol. The van der Waals surface area contributed by atoms with Gasteiger partial charge in [-0.15, -0.1) is 0 Å². The zero-order valence-corrected chi connectivity index (χ0v) is 20.5. The Morgan fingerprint density at radius 1 is 1.11 bits per heavy atom. The predicted octanol–water partition coefficient (Wildman–Crippen LogP) is 3.98. The summed E-state index contributed by atoms with van der Waals surface area (Å²) < 4.78 is 27.2. The van der Waals surface area contributed by atoms with Crippen molar-refractivity contribution in [2.75, 3.05) is 13.2 Å². The lowest BCUT2D eigenvalue weighted by atomic mass is 9.78. The molecule has 0 spiro atoms. The number of amides is 1. The highest BCUT2D eigenvalue weighted by Gasteiger charge is 2.31. The van der Waals surface area contributed by atoms with Gasteiger partial charge >= 0.3 is 6.09 Å². The van der Waals surface area contributed by atoms with Crippen molar-refractivity contribution in [1.29, 1.82) is 0 Å². The quantitative estimate of drug-likeness (QED) is 0.366. The molecule has 2 aromatic carbocycles. The Bertz CT molecular complexity index is 1000. The van der Waals surface area contributed by atoms with Crippen LogP contribution in [0.1, 0.15) is 55.5 Å². The molecule has 6 nitrogen and oxygen atoms in total. The number of hydrogen-bond acceptors (Lipinski definition) is 4. The van der Waals surface area contributed by atoms with E-state index in [9.17, 15) is 28.9 Å². The fourth-order valence-corrected chi connectivity index (χ4v) is 4.93. The van der Waals surface area contributed by atoms with Gasteiger partial charge in [-0.05, 0) is 65.5 Å². The summed E-state index contributed by atoms with van der Waals surface area (Å²) >= 11 is 0. The van der Waals surface area contributed by atoms with Crippen molar-refractivity contribution in [2.45, 2.75) is 64.6 Å². The van der Waals surface area contributed by atoms with E-state index >= 15 is 0 Å². The smallest absolute Gasteiger partial charge is 0.404 e. The van der Waals surface area contributed by atoms with Crippen LogP contribution in [0.3, 0.4) is 0 Å². The van der Waals surface area contributed by atoms with Crippen molar-refractivity contribution in [3.8, 4) is 0 Å². The van der Waals surface area contributed by atoms with Crippen LogP contribution >= 0.6 is 0 Å². The summed E-state index contributed by atoms with van der Waals surface area (Å²) in [6, 6.07) is 8.22. The lowest BCUT2D eigenvalue weighted by molar-refractivity contribution is 0.105. The Labute approximate surface area is 205 Å². The number of aliphatic hydroxyl groups excluding tert-OH is 2. The third-order valence-corrected chi connectivity index (χ3v) is 6.47. The molecule has 4 atom stereocenters. The standard InChI is InChI=1S/C27H36F2N2O4/c1-27(2,3)13-16-4-5-18-6-7-19(15-32)25(22(18)10-16)30-14-24(33)23(31-26(34)35)11-17-8-20(28)12-21(29)9-17/h4-5,8-10,12,19,23-25,30-33H,6-7,11,13-15H2,1-3H3,(H,34,35)/t19?,23-,24+,25-/m0/s1. The normalized spacial score (nSPS) is 19.6. The maximum absolute atomic E-state index is 13.6. The molecule has 2 aromatic rings. The number of benzene rings is 2. The zero-order valence-electron chi connectivity index (χ0n) is 20.5. The molecular formula is C27H36F2N2O4. The molecule has 5 N–H and O–H groups in total. The number of aryl methyl sites for hydroxylation is 1. The molecule has 35 heavy (non-hydrogen) atoms. The molecule has 0 saturated heterocycles. The van der Waals surface area contributed by atoms with E-state index in [0.717, 1.165) is 43.0 Å². The third kappa shape index (κ3) is 7.72. The van der Waals surface area contributed by atoms with Gasteiger partial charge < -0.3 is 26.0 Å². The Morgan fingerprint density at radius 2 is 1.80 bits per heavy atom. The van der Waals surface area contributed by atoms with Gasteiger partial charge in [0.1, 0.15) is 11.6 Å². The van der Waals surface area contributed by atoms with Gasteiger partial charge in [-0.2, -0.15) is 0 Å². The second kappa shape index (κ2) is 11.5. The molecule has 3 rings (SSSR count). The van der Waals surface area contributed by atoms with Crippen LogP contribution in [-0.4, -0.2) is 46.7 Å². The van der Waals surface area contributed by atoms with Gasteiger partial charge in [0.05, 0.1) is 12.1 Å². The largest absolute Gasteiger partial charge is 0.465 e. The summed E-state index contributed by atoms with van der Waals surface area (Å²) in [5, 5.41) is 35.7. The number of fused-ring (bicyclic) bond motifs is 1. The van der Waals surface area contributed by atoms with E-state index in [2.05, 4.69) is 49.6 Å². The van der Waals surface area contributed by atoms with Gasteiger partial charge in [-0.3, -0.25) is 0 Å². The number of carboxylic acid groups (broad SMARTS) is 1. The molecule has 0 aliphatic heterocycles. The van der Waals surface area contributed by atoms with Gasteiger partial charge in [-0.25, -0.2) is 13.6 Å². The molecule has 0 aromatic heterocycles. The van der Waals surface area contributed by atoms with Crippen LogP contribution in [0.25, 0.3) is 0 Å². The van der Waals surface area contributed by atoms with E-state index in [1.807, 2.05) is 0 Å². The highest BCUT2D eigenvalue weighted by atomic mass is 19.1. The Balaban J connectivity index is 1.78. The van der Waals surface area contributed by atoms with Gasteiger partial charge in [0.2, 0.25) is 0 Å². The van der Waals surface area contributed by atoms with Crippen molar-refractivity contribution >= 4 is 6.09 Å². The molecule has 1 aliphatic carbocycles. The lowest BCUT2D eigenvalue weighted by Crippen LogP contribution is -2.49. The molecule has 1 unspecified atom stereocenters. The van der Waals surface area contributed by atoms with Crippen LogP contribution < -0.4 is 10.6 Å². The molecule has 0 bridgehead atoms. The first kappa shape index (κ1) is 27.0. The zero-order chi connectivity index (χ0) is 25.8. The number of rotatable bonds is 9. The second-order valence-corrected chi connectivity index (χ2v) is 10.7. The highest BCUT2D eigenvalue weighted by Crippen LogP contribution is 2.36. The third-order valence-electron chi connectivity index (χ3n) is 6.47. The minimum absolute atomic E-state index is 0.0178. The van der Waals surface area contributed by atoms with Crippen LogP contribution in [0.4, 0.5) is 13.6 Å². The van der Waals surface area contributed by atoms with Gasteiger partial charge in [-0.1, -0.05) is 39.0 Å².